The number of hydrogen-bond acceptors (Lipinski definition) is 2. The molecule has 0 fully saturated rings. The largest absolute Gasteiger partial charge is 0.362 e. The van der Waals surface area contributed by atoms with Crippen molar-refractivity contribution in [2.24, 2.45) is 7.05 Å². The molecule has 0 amide bonds. The van der Waals surface area contributed by atoms with Crippen molar-refractivity contribution in [2.75, 3.05) is 4.90 Å². The third-order valence-electron chi connectivity index (χ3n) is 3.98. The van der Waals surface area contributed by atoms with Gasteiger partial charge in [-0.05, 0) is 44.5 Å². The monoisotopic (exact) mass is 289 g/mol. The second kappa shape index (κ2) is 4.52. The van der Waals surface area contributed by atoms with Crippen LogP contribution >= 0.6 is 11.6 Å². The van der Waals surface area contributed by atoms with Crippen molar-refractivity contribution in [3.05, 3.63) is 46.2 Å². The Labute approximate surface area is 125 Å². The lowest BCUT2D eigenvalue weighted by molar-refractivity contribution is 0.501. The minimum absolute atomic E-state index is 0.0556. The van der Waals surface area contributed by atoms with Gasteiger partial charge < -0.3 is 4.90 Å². The molecule has 0 saturated heterocycles. The summed E-state index contributed by atoms with van der Waals surface area (Å²) in [4.78, 5) is 2.44. The zero-order valence-corrected chi connectivity index (χ0v) is 13.2. The summed E-state index contributed by atoms with van der Waals surface area (Å²) < 4.78 is 1.98. The molecule has 0 bridgehead atoms. The maximum atomic E-state index is 6.19. The maximum Gasteiger partial charge on any atom is 0.0542 e. The summed E-state index contributed by atoms with van der Waals surface area (Å²) in [6.45, 7) is 7.62. The molecule has 0 unspecified atom stereocenters. The van der Waals surface area contributed by atoms with E-state index in [9.17, 15) is 0 Å². The zero-order valence-electron chi connectivity index (χ0n) is 12.4. The second-order valence-electron chi connectivity index (χ2n) is 6.45. The third kappa shape index (κ3) is 2.20. The summed E-state index contributed by atoms with van der Waals surface area (Å²) in [7, 11) is 2.01. The van der Waals surface area contributed by atoms with Crippen LogP contribution in [0.1, 0.15) is 37.6 Å². The van der Waals surface area contributed by atoms with Crippen LogP contribution < -0.4 is 4.90 Å². The Morgan fingerprint density at radius 3 is 2.65 bits per heavy atom. The first-order valence-corrected chi connectivity index (χ1v) is 7.30. The molecule has 3 nitrogen and oxygen atoms in total. The molecular formula is C16H20ClN3. The maximum absolute atomic E-state index is 6.19. The number of hydrogen-bond donors (Lipinski definition) is 0. The predicted molar refractivity (Wildman–Crippen MR) is 83.4 cm³/mol. The average molecular weight is 290 g/mol. The number of nitrogens with zero attached hydrogens (tertiary/aromatic N) is 3. The Bertz CT molecular complexity index is 652. The van der Waals surface area contributed by atoms with Crippen LogP contribution in [0, 0.1) is 0 Å². The molecule has 0 saturated carbocycles. The van der Waals surface area contributed by atoms with Crippen molar-refractivity contribution in [2.45, 2.75) is 39.3 Å². The molecule has 106 valence electrons. The van der Waals surface area contributed by atoms with Gasteiger partial charge in [0.1, 0.15) is 0 Å². The van der Waals surface area contributed by atoms with E-state index < -0.39 is 0 Å². The average Bonchev–Trinajstić information content (AvgIpc) is 2.59. The molecule has 1 aromatic heterocycles. The van der Waals surface area contributed by atoms with Crippen molar-refractivity contribution in [3.63, 3.8) is 0 Å². The normalized spacial score (nSPS) is 14.8. The van der Waals surface area contributed by atoms with Crippen molar-refractivity contribution in [3.8, 4) is 0 Å². The highest BCUT2D eigenvalue weighted by Crippen LogP contribution is 2.36. The molecule has 0 atom stereocenters. The summed E-state index contributed by atoms with van der Waals surface area (Å²) in [5.41, 5.74) is 5.18. The van der Waals surface area contributed by atoms with Crippen LogP contribution in [-0.4, -0.2) is 15.3 Å². The van der Waals surface area contributed by atoms with Gasteiger partial charge in [0.2, 0.25) is 0 Å². The number of benzene rings is 1. The number of halogens is 1. The van der Waals surface area contributed by atoms with Gasteiger partial charge in [-0.15, -0.1) is 0 Å². The quantitative estimate of drug-likeness (QED) is 0.736. The number of aryl methyl sites for hydroxylation is 1. The van der Waals surface area contributed by atoms with Crippen LogP contribution in [0.4, 0.5) is 5.69 Å². The Morgan fingerprint density at radius 2 is 1.95 bits per heavy atom. The Kier molecular flexibility index (Phi) is 3.05. The first kappa shape index (κ1) is 13.5. The van der Waals surface area contributed by atoms with Crippen molar-refractivity contribution in [1.82, 2.24) is 9.78 Å². The smallest absolute Gasteiger partial charge is 0.0542 e. The fourth-order valence-electron chi connectivity index (χ4n) is 2.86. The predicted octanol–water partition coefficient (Wildman–Crippen LogP) is 3.78. The van der Waals surface area contributed by atoms with Gasteiger partial charge in [-0.3, -0.25) is 4.68 Å². The standard InChI is InChI=1S/C16H20ClN3/c1-16(2,3)20-10-12-9-18-19(4)15(12)8-11-7-13(17)5-6-14(11)20/h5-7,9H,8,10H2,1-4H3. The molecule has 1 aromatic carbocycles. The molecule has 2 aromatic rings. The fraction of sp³-hybridized carbons (Fsp3) is 0.438. The van der Waals surface area contributed by atoms with Crippen LogP contribution in [0.2, 0.25) is 5.02 Å². The number of anilines is 1. The molecule has 20 heavy (non-hydrogen) atoms. The van der Waals surface area contributed by atoms with E-state index in [2.05, 4.69) is 42.9 Å². The van der Waals surface area contributed by atoms with E-state index in [1.807, 2.05) is 24.0 Å². The third-order valence-corrected chi connectivity index (χ3v) is 4.21. The van der Waals surface area contributed by atoms with Crippen LogP contribution in [0.25, 0.3) is 0 Å². The second-order valence-corrected chi connectivity index (χ2v) is 6.88. The SMILES string of the molecule is Cn1ncc2c1Cc1cc(Cl)ccc1N(C(C)(C)C)C2. The van der Waals surface area contributed by atoms with Gasteiger partial charge >= 0.3 is 0 Å². The highest BCUT2D eigenvalue weighted by Gasteiger charge is 2.28. The molecule has 2 heterocycles. The summed E-state index contributed by atoms with van der Waals surface area (Å²) in [5, 5.41) is 5.20. The van der Waals surface area contributed by atoms with Gasteiger partial charge in [0.05, 0.1) is 6.20 Å². The topological polar surface area (TPSA) is 21.1 Å². The summed E-state index contributed by atoms with van der Waals surface area (Å²) in [6.07, 6.45) is 2.87. The first-order valence-electron chi connectivity index (χ1n) is 6.92. The number of rotatable bonds is 0. The van der Waals surface area contributed by atoms with E-state index in [1.54, 1.807) is 0 Å². The highest BCUT2D eigenvalue weighted by atomic mass is 35.5. The van der Waals surface area contributed by atoms with Gasteiger partial charge in [-0.2, -0.15) is 5.10 Å². The Hall–Kier alpha value is -1.48. The van der Waals surface area contributed by atoms with Gasteiger partial charge in [0.25, 0.3) is 0 Å². The van der Waals surface area contributed by atoms with E-state index in [0.29, 0.717) is 0 Å². The molecule has 4 heteroatoms. The lowest BCUT2D eigenvalue weighted by Crippen LogP contribution is -2.41. The van der Waals surface area contributed by atoms with Crippen LogP contribution in [0.5, 0.6) is 0 Å². The zero-order chi connectivity index (χ0) is 14.5. The minimum atomic E-state index is 0.0556. The molecule has 0 spiro atoms. The van der Waals surface area contributed by atoms with Crippen LogP contribution in [0.15, 0.2) is 24.4 Å². The highest BCUT2D eigenvalue weighted by molar-refractivity contribution is 6.30. The molecule has 3 rings (SSSR count). The van der Waals surface area contributed by atoms with Gasteiger partial charge in [0, 0.05) is 47.5 Å². The molecule has 1 aliphatic rings. The Morgan fingerprint density at radius 1 is 1.20 bits per heavy atom. The van der Waals surface area contributed by atoms with E-state index in [0.717, 1.165) is 18.0 Å². The van der Waals surface area contributed by atoms with E-state index in [1.165, 1.54) is 22.5 Å². The fourth-order valence-corrected chi connectivity index (χ4v) is 3.06. The van der Waals surface area contributed by atoms with Gasteiger partial charge in [-0.1, -0.05) is 11.6 Å². The van der Waals surface area contributed by atoms with E-state index in [-0.39, 0.29) is 5.54 Å². The molecule has 1 aliphatic heterocycles. The van der Waals surface area contributed by atoms with Gasteiger partial charge in [0.15, 0.2) is 0 Å². The van der Waals surface area contributed by atoms with E-state index >= 15 is 0 Å². The number of fused-ring (bicyclic) bond motifs is 2. The van der Waals surface area contributed by atoms with Crippen LogP contribution in [0.3, 0.4) is 0 Å². The molecule has 0 N–H and O–H groups in total. The summed E-state index contributed by atoms with van der Waals surface area (Å²) in [5.74, 6) is 0. The minimum Gasteiger partial charge on any atom is -0.362 e. The van der Waals surface area contributed by atoms with Crippen molar-refractivity contribution in [1.29, 1.82) is 0 Å². The Balaban J connectivity index is 2.20. The van der Waals surface area contributed by atoms with Crippen LogP contribution in [-0.2, 0) is 20.0 Å². The lowest BCUT2D eigenvalue weighted by Gasteiger charge is -2.38. The van der Waals surface area contributed by atoms with Gasteiger partial charge in [-0.25, -0.2) is 0 Å². The summed E-state index contributed by atoms with van der Waals surface area (Å²) >= 11 is 6.19. The molecule has 0 aliphatic carbocycles. The van der Waals surface area contributed by atoms with Crippen molar-refractivity contribution < 1.29 is 0 Å². The number of aromatic nitrogens is 2. The molecule has 0 radical (unpaired) electrons. The lowest BCUT2D eigenvalue weighted by atomic mass is 10.0. The van der Waals surface area contributed by atoms with Crippen molar-refractivity contribution >= 4 is 17.3 Å². The van der Waals surface area contributed by atoms with E-state index in [4.69, 9.17) is 11.6 Å². The molecular weight excluding hydrogens is 270 g/mol. The summed E-state index contributed by atoms with van der Waals surface area (Å²) in [6, 6.07) is 6.20. The first-order chi connectivity index (χ1) is 9.36.